The number of benzene rings is 2. The fourth-order valence-corrected chi connectivity index (χ4v) is 3.57. The average Bonchev–Trinajstić information content (AvgIpc) is 2.91. The standard InChI is InChI=1S/C18H13ClN2O3S2/c1-24-14-5-3-2-4-13(14)16(22)20-21-17(23)15(26-18(21)25)10-11-6-8-12(19)9-7-11/h2-10H,1H3,(H,20,22)/b15-10+. The number of amides is 2. The van der Waals surface area contributed by atoms with Crippen LogP contribution in [0.1, 0.15) is 15.9 Å². The van der Waals surface area contributed by atoms with Gasteiger partial charge in [0, 0.05) is 5.02 Å². The maximum absolute atomic E-state index is 12.6. The van der Waals surface area contributed by atoms with E-state index in [9.17, 15) is 9.59 Å². The number of carbonyl (C=O) groups excluding carboxylic acids is 2. The zero-order valence-electron chi connectivity index (χ0n) is 13.6. The molecule has 0 bridgehead atoms. The molecule has 2 aromatic rings. The van der Waals surface area contributed by atoms with E-state index in [2.05, 4.69) is 5.43 Å². The van der Waals surface area contributed by atoms with Gasteiger partial charge < -0.3 is 4.74 Å². The van der Waals surface area contributed by atoms with Crippen molar-refractivity contribution in [2.24, 2.45) is 0 Å². The highest BCUT2D eigenvalue weighted by molar-refractivity contribution is 8.26. The number of thioether (sulfide) groups is 1. The summed E-state index contributed by atoms with van der Waals surface area (Å²) in [6.45, 7) is 0. The second kappa shape index (κ2) is 7.90. The van der Waals surface area contributed by atoms with Crippen molar-refractivity contribution in [2.45, 2.75) is 0 Å². The summed E-state index contributed by atoms with van der Waals surface area (Å²) in [5.74, 6) is -0.461. The third kappa shape index (κ3) is 3.90. The van der Waals surface area contributed by atoms with E-state index in [0.29, 0.717) is 21.2 Å². The third-order valence-electron chi connectivity index (χ3n) is 3.53. The molecular formula is C18H13ClN2O3S2. The first-order chi connectivity index (χ1) is 12.5. The highest BCUT2D eigenvalue weighted by Gasteiger charge is 2.34. The zero-order valence-corrected chi connectivity index (χ0v) is 16.0. The number of thiocarbonyl (C=S) groups is 1. The van der Waals surface area contributed by atoms with Gasteiger partial charge in [-0.15, -0.1) is 0 Å². The number of methoxy groups -OCH3 is 1. The van der Waals surface area contributed by atoms with E-state index in [4.69, 9.17) is 28.6 Å². The number of nitrogens with zero attached hydrogens (tertiary/aromatic N) is 1. The largest absolute Gasteiger partial charge is 0.496 e. The molecule has 0 saturated carbocycles. The lowest BCUT2D eigenvalue weighted by Crippen LogP contribution is -2.44. The lowest BCUT2D eigenvalue weighted by atomic mass is 10.2. The Labute approximate surface area is 164 Å². The first-order valence-corrected chi connectivity index (χ1v) is 9.07. The van der Waals surface area contributed by atoms with E-state index in [1.165, 1.54) is 7.11 Å². The summed E-state index contributed by atoms with van der Waals surface area (Å²) < 4.78 is 5.42. The van der Waals surface area contributed by atoms with Gasteiger partial charge in [-0.3, -0.25) is 15.0 Å². The first-order valence-electron chi connectivity index (χ1n) is 7.47. The maximum Gasteiger partial charge on any atom is 0.285 e. The second-order valence-corrected chi connectivity index (χ2v) is 7.32. The lowest BCUT2D eigenvalue weighted by Gasteiger charge is -2.16. The van der Waals surface area contributed by atoms with Gasteiger partial charge in [0.1, 0.15) is 5.75 Å². The lowest BCUT2D eigenvalue weighted by molar-refractivity contribution is -0.123. The molecule has 1 heterocycles. The number of hydrogen-bond donors (Lipinski definition) is 1. The van der Waals surface area contributed by atoms with Crippen LogP contribution in [0.3, 0.4) is 0 Å². The van der Waals surface area contributed by atoms with Gasteiger partial charge in [-0.1, -0.05) is 47.6 Å². The zero-order chi connectivity index (χ0) is 18.7. The van der Waals surface area contributed by atoms with Gasteiger partial charge in [0.15, 0.2) is 4.32 Å². The molecule has 2 amide bonds. The molecule has 1 saturated heterocycles. The Morgan fingerprint density at radius 2 is 1.92 bits per heavy atom. The Morgan fingerprint density at radius 1 is 1.23 bits per heavy atom. The van der Waals surface area contributed by atoms with Gasteiger partial charge in [-0.2, -0.15) is 5.01 Å². The van der Waals surface area contributed by atoms with Crippen LogP contribution in [-0.2, 0) is 4.79 Å². The molecule has 3 rings (SSSR count). The summed E-state index contributed by atoms with van der Waals surface area (Å²) >= 11 is 12.2. The van der Waals surface area contributed by atoms with Crippen molar-refractivity contribution < 1.29 is 14.3 Å². The number of hydrogen-bond acceptors (Lipinski definition) is 5. The van der Waals surface area contributed by atoms with Gasteiger partial charge in [0.2, 0.25) is 0 Å². The number of halogens is 1. The fourth-order valence-electron chi connectivity index (χ4n) is 2.27. The van der Waals surface area contributed by atoms with E-state index in [1.54, 1.807) is 54.6 Å². The predicted octanol–water partition coefficient (Wildman–Crippen LogP) is 3.89. The molecule has 1 N–H and O–H groups in total. The van der Waals surface area contributed by atoms with E-state index < -0.39 is 11.8 Å². The van der Waals surface area contributed by atoms with Crippen molar-refractivity contribution in [3.8, 4) is 5.75 Å². The summed E-state index contributed by atoms with van der Waals surface area (Å²) in [6, 6.07) is 13.8. The minimum atomic E-state index is -0.480. The minimum Gasteiger partial charge on any atom is -0.496 e. The van der Waals surface area contributed by atoms with Gasteiger partial charge in [0.05, 0.1) is 17.6 Å². The molecule has 0 aromatic heterocycles. The van der Waals surface area contributed by atoms with Gasteiger partial charge >= 0.3 is 0 Å². The Hall–Kier alpha value is -2.35. The van der Waals surface area contributed by atoms with E-state index in [0.717, 1.165) is 22.3 Å². The first kappa shape index (κ1) is 18.4. The SMILES string of the molecule is COc1ccccc1C(=O)NN1C(=O)/C(=C\c2ccc(Cl)cc2)SC1=S. The molecule has 0 spiro atoms. The number of nitrogens with one attached hydrogen (secondary N) is 1. The van der Waals surface area contributed by atoms with Crippen LogP contribution in [0.2, 0.25) is 5.02 Å². The van der Waals surface area contributed by atoms with Crippen molar-refractivity contribution in [3.05, 3.63) is 69.6 Å². The van der Waals surface area contributed by atoms with Crippen LogP contribution in [0.15, 0.2) is 53.4 Å². The average molecular weight is 405 g/mol. The third-order valence-corrected chi connectivity index (χ3v) is 5.08. The summed E-state index contributed by atoms with van der Waals surface area (Å²) in [7, 11) is 1.47. The Morgan fingerprint density at radius 3 is 2.62 bits per heavy atom. The summed E-state index contributed by atoms with van der Waals surface area (Å²) in [6.07, 6.45) is 1.70. The highest BCUT2D eigenvalue weighted by atomic mass is 35.5. The van der Waals surface area contributed by atoms with Crippen LogP contribution in [-0.4, -0.2) is 28.3 Å². The van der Waals surface area contributed by atoms with E-state index in [1.807, 2.05) is 0 Å². The van der Waals surface area contributed by atoms with Crippen molar-refractivity contribution in [1.82, 2.24) is 10.4 Å². The van der Waals surface area contributed by atoms with Crippen LogP contribution in [0.5, 0.6) is 5.75 Å². The molecule has 0 radical (unpaired) electrons. The van der Waals surface area contributed by atoms with Gasteiger partial charge in [-0.25, -0.2) is 0 Å². The number of ether oxygens (including phenoxy) is 1. The quantitative estimate of drug-likeness (QED) is 0.618. The minimum absolute atomic E-state index is 0.249. The molecular weight excluding hydrogens is 392 g/mol. The molecule has 1 aliphatic rings. The predicted molar refractivity (Wildman–Crippen MR) is 107 cm³/mol. The van der Waals surface area contributed by atoms with Crippen LogP contribution >= 0.6 is 35.6 Å². The molecule has 0 unspecified atom stereocenters. The van der Waals surface area contributed by atoms with Crippen molar-refractivity contribution in [3.63, 3.8) is 0 Å². The van der Waals surface area contributed by atoms with Crippen LogP contribution in [0.25, 0.3) is 6.08 Å². The normalized spacial score (nSPS) is 15.5. The molecule has 1 fully saturated rings. The number of carbonyl (C=O) groups is 2. The summed E-state index contributed by atoms with van der Waals surface area (Å²) in [5, 5.41) is 1.68. The van der Waals surface area contributed by atoms with Crippen LogP contribution < -0.4 is 10.2 Å². The topological polar surface area (TPSA) is 58.6 Å². The second-order valence-electron chi connectivity index (χ2n) is 5.21. The molecule has 5 nitrogen and oxygen atoms in total. The maximum atomic E-state index is 12.6. The van der Waals surface area contributed by atoms with E-state index in [-0.39, 0.29) is 4.32 Å². The van der Waals surface area contributed by atoms with Gasteiger partial charge in [0.25, 0.3) is 11.8 Å². The van der Waals surface area contributed by atoms with Crippen molar-refractivity contribution in [1.29, 1.82) is 0 Å². The van der Waals surface area contributed by atoms with Crippen LogP contribution in [0, 0.1) is 0 Å². The summed E-state index contributed by atoms with van der Waals surface area (Å²) in [4.78, 5) is 25.5. The Kier molecular flexibility index (Phi) is 5.61. The molecule has 1 aliphatic heterocycles. The molecule has 132 valence electrons. The van der Waals surface area contributed by atoms with Crippen molar-refractivity contribution >= 4 is 57.8 Å². The van der Waals surface area contributed by atoms with Crippen LogP contribution in [0.4, 0.5) is 0 Å². The monoisotopic (exact) mass is 404 g/mol. The molecule has 0 atom stereocenters. The van der Waals surface area contributed by atoms with Gasteiger partial charge in [-0.05, 0) is 48.1 Å². The fraction of sp³-hybridized carbons (Fsp3) is 0.0556. The molecule has 2 aromatic carbocycles. The molecule has 0 aliphatic carbocycles. The number of rotatable bonds is 4. The Bertz CT molecular complexity index is 913. The Balaban J connectivity index is 1.79. The highest BCUT2D eigenvalue weighted by Crippen LogP contribution is 2.32. The number of para-hydroxylation sites is 1. The summed E-state index contributed by atoms with van der Waals surface area (Å²) in [5.41, 5.74) is 3.66. The van der Waals surface area contributed by atoms with Crippen molar-refractivity contribution in [2.75, 3.05) is 7.11 Å². The number of hydrazine groups is 1. The smallest absolute Gasteiger partial charge is 0.285 e. The van der Waals surface area contributed by atoms with E-state index >= 15 is 0 Å². The molecule has 8 heteroatoms. The molecule has 26 heavy (non-hydrogen) atoms.